The molecule has 4 rings (SSSR count). The van der Waals surface area contributed by atoms with Crippen LogP contribution >= 0.6 is 0 Å². The number of methoxy groups -OCH3 is 1. The van der Waals surface area contributed by atoms with Crippen molar-refractivity contribution in [1.82, 2.24) is 4.98 Å². The molecule has 0 unspecified atom stereocenters. The largest absolute Gasteiger partial charge is 0.497 e. The van der Waals surface area contributed by atoms with Crippen molar-refractivity contribution in [2.24, 2.45) is 0 Å². The van der Waals surface area contributed by atoms with Crippen molar-refractivity contribution in [2.75, 3.05) is 7.11 Å². The molecule has 0 saturated heterocycles. The van der Waals surface area contributed by atoms with Crippen LogP contribution in [0, 0.1) is 0 Å². The van der Waals surface area contributed by atoms with Crippen molar-refractivity contribution >= 4 is 32.6 Å². The van der Waals surface area contributed by atoms with Gasteiger partial charge in [0.2, 0.25) is 5.43 Å². The van der Waals surface area contributed by atoms with Gasteiger partial charge in [0.1, 0.15) is 5.75 Å². The van der Waals surface area contributed by atoms with E-state index in [-0.39, 0.29) is 5.43 Å². The summed E-state index contributed by atoms with van der Waals surface area (Å²) < 4.78 is 5.28. The van der Waals surface area contributed by atoms with Crippen LogP contribution in [0.1, 0.15) is 0 Å². The van der Waals surface area contributed by atoms with E-state index in [0.29, 0.717) is 5.52 Å². The Morgan fingerprint density at radius 3 is 2.62 bits per heavy atom. The molecule has 1 heterocycles. The summed E-state index contributed by atoms with van der Waals surface area (Å²) >= 11 is 0. The second-order valence-electron chi connectivity index (χ2n) is 5.07. The summed E-state index contributed by atoms with van der Waals surface area (Å²) in [6.45, 7) is 0. The van der Waals surface area contributed by atoms with Gasteiger partial charge in [-0.1, -0.05) is 36.4 Å². The maximum absolute atomic E-state index is 12.7. The maximum Gasteiger partial charge on any atom is 0.210 e. The number of aromatic nitrogens is 1. The van der Waals surface area contributed by atoms with E-state index in [9.17, 15) is 4.79 Å². The van der Waals surface area contributed by atoms with Gasteiger partial charge in [-0.3, -0.25) is 4.79 Å². The third-order valence-electron chi connectivity index (χ3n) is 3.91. The molecule has 3 nitrogen and oxygen atoms in total. The lowest BCUT2D eigenvalue weighted by atomic mass is 10.2. The first-order valence-electron chi connectivity index (χ1n) is 6.79. The standard InChI is InChI=1S/C18H13NO2/c1-21-12-7-9-16-15(10-12)14-8-6-11-4-2-3-5-13(11)18(20)17(14)19-16/h2-10,19H,1H3. The number of hydrogen-bond donors (Lipinski definition) is 1. The zero-order valence-corrected chi connectivity index (χ0v) is 11.5. The first-order chi connectivity index (χ1) is 10.3. The number of ether oxygens (including phenoxy) is 1. The highest BCUT2D eigenvalue weighted by atomic mass is 16.5. The SMILES string of the molecule is COc1ccc2[nH]c3c(=O)c4ccccc4ccc3c2c1. The van der Waals surface area contributed by atoms with Crippen LogP contribution < -0.4 is 10.2 Å². The summed E-state index contributed by atoms with van der Waals surface area (Å²) in [5.74, 6) is 0.784. The van der Waals surface area contributed by atoms with Crippen molar-refractivity contribution in [2.45, 2.75) is 0 Å². The van der Waals surface area contributed by atoms with E-state index in [0.717, 1.165) is 32.8 Å². The molecule has 21 heavy (non-hydrogen) atoms. The van der Waals surface area contributed by atoms with E-state index in [1.165, 1.54) is 0 Å². The number of rotatable bonds is 1. The van der Waals surface area contributed by atoms with Gasteiger partial charge in [0.15, 0.2) is 0 Å². The fourth-order valence-electron chi connectivity index (χ4n) is 2.83. The molecular formula is C18H13NO2. The average molecular weight is 275 g/mol. The summed E-state index contributed by atoms with van der Waals surface area (Å²) in [5.41, 5.74) is 1.61. The predicted octanol–water partition coefficient (Wildman–Crippen LogP) is 3.84. The van der Waals surface area contributed by atoms with Gasteiger partial charge in [-0.05, 0) is 23.6 Å². The van der Waals surface area contributed by atoms with Gasteiger partial charge >= 0.3 is 0 Å². The summed E-state index contributed by atoms with van der Waals surface area (Å²) in [4.78, 5) is 16.0. The van der Waals surface area contributed by atoms with Gasteiger partial charge in [-0.25, -0.2) is 0 Å². The fraction of sp³-hybridized carbons (Fsp3) is 0.0556. The monoisotopic (exact) mass is 275 g/mol. The van der Waals surface area contributed by atoms with Gasteiger partial charge in [-0.2, -0.15) is 0 Å². The molecule has 0 radical (unpaired) electrons. The van der Waals surface area contributed by atoms with Crippen molar-refractivity contribution < 1.29 is 4.74 Å². The highest BCUT2D eigenvalue weighted by Crippen LogP contribution is 2.27. The van der Waals surface area contributed by atoms with Gasteiger partial charge in [0, 0.05) is 21.7 Å². The second-order valence-corrected chi connectivity index (χ2v) is 5.07. The first-order valence-corrected chi connectivity index (χ1v) is 6.79. The van der Waals surface area contributed by atoms with Crippen LogP contribution in [0.5, 0.6) is 5.75 Å². The smallest absolute Gasteiger partial charge is 0.210 e. The second kappa shape index (κ2) is 4.35. The Kier molecular flexibility index (Phi) is 2.48. The Morgan fingerprint density at radius 2 is 1.76 bits per heavy atom. The van der Waals surface area contributed by atoms with E-state index in [2.05, 4.69) is 4.98 Å². The molecule has 0 bridgehead atoms. The van der Waals surface area contributed by atoms with Crippen LogP contribution in [0.15, 0.2) is 59.4 Å². The molecule has 0 aliphatic rings. The minimum Gasteiger partial charge on any atom is -0.497 e. The van der Waals surface area contributed by atoms with E-state index in [1.54, 1.807) is 7.11 Å². The number of aromatic amines is 1. The number of fused-ring (bicyclic) bond motifs is 4. The molecule has 3 aromatic carbocycles. The molecule has 3 heteroatoms. The molecule has 0 spiro atoms. The van der Waals surface area contributed by atoms with E-state index >= 15 is 0 Å². The molecule has 4 aromatic rings. The minimum atomic E-state index is 0.0285. The van der Waals surface area contributed by atoms with Crippen LogP contribution in [0.4, 0.5) is 0 Å². The Morgan fingerprint density at radius 1 is 0.905 bits per heavy atom. The lowest BCUT2D eigenvalue weighted by Gasteiger charge is -1.98. The van der Waals surface area contributed by atoms with Gasteiger partial charge in [0.25, 0.3) is 0 Å². The van der Waals surface area contributed by atoms with Crippen molar-refractivity contribution in [3.05, 3.63) is 64.8 Å². The van der Waals surface area contributed by atoms with Crippen LogP contribution in [-0.2, 0) is 0 Å². The zero-order chi connectivity index (χ0) is 14.4. The number of nitrogens with one attached hydrogen (secondary N) is 1. The Bertz CT molecular complexity index is 1050. The molecule has 0 fully saturated rings. The molecule has 0 saturated carbocycles. The maximum atomic E-state index is 12.7. The Labute approximate surface area is 120 Å². The molecule has 0 aliphatic carbocycles. The lowest BCUT2D eigenvalue weighted by molar-refractivity contribution is 0.415. The minimum absolute atomic E-state index is 0.0285. The Hall–Kier alpha value is -2.81. The van der Waals surface area contributed by atoms with Crippen molar-refractivity contribution in [1.29, 1.82) is 0 Å². The van der Waals surface area contributed by atoms with Crippen LogP contribution in [0.25, 0.3) is 32.6 Å². The molecule has 102 valence electrons. The number of H-pyrrole nitrogens is 1. The molecule has 0 atom stereocenters. The third-order valence-corrected chi connectivity index (χ3v) is 3.91. The van der Waals surface area contributed by atoms with Gasteiger partial charge in [-0.15, -0.1) is 0 Å². The molecule has 0 amide bonds. The van der Waals surface area contributed by atoms with Crippen molar-refractivity contribution in [3.63, 3.8) is 0 Å². The first kappa shape index (κ1) is 12.0. The fourth-order valence-corrected chi connectivity index (χ4v) is 2.83. The zero-order valence-electron chi connectivity index (χ0n) is 11.5. The summed E-state index contributed by atoms with van der Waals surface area (Å²) in [6.07, 6.45) is 0. The third kappa shape index (κ3) is 1.71. The molecular weight excluding hydrogens is 262 g/mol. The Balaban J connectivity index is 2.26. The summed E-state index contributed by atoms with van der Waals surface area (Å²) in [7, 11) is 1.64. The van der Waals surface area contributed by atoms with E-state index < -0.39 is 0 Å². The van der Waals surface area contributed by atoms with Gasteiger partial charge in [0.05, 0.1) is 12.6 Å². The normalized spacial score (nSPS) is 11.3. The van der Waals surface area contributed by atoms with Crippen molar-refractivity contribution in [3.8, 4) is 5.75 Å². The van der Waals surface area contributed by atoms with Gasteiger partial charge < -0.3 is 9.72 Å². The lowest BCUT2D eigenvalue weighted by Crippen LogP contribution is -1.97. The summed E-state index contributed by atoms with van der Waals surface area (Å²) in [5, 5.41) is 3.60. The molecule has 1 aromatic heterocycles. The summed E-state index contributed by atoms with van der Waals surface area (Å²) in [6, 6.07) is 17.4. The van der Waals surface area contributed by atoms with Crippen LogP contribution in [0.3, 0.4) is 0 Å². The van der Waals surface area contributed by atoms with E-state index in [4.69, 9.17) is 4.74 Å². The van der Waals surface area contributed by atoms with E-state index in [1.807, 2.05) is 54.6 Å². The highest BCUT2D eigenvalue weighted by Gasteiger charge is 2.09. The van der Waals surface area contributed by atoms with Crippen LogP contribution in [0.2, 0.25) is 0 Å². The average Bonchev–Trinajstić information content (AvgIpc) is 2.83. The number of hydrogen-bond acceptors (Lipinski definition) is 2. The quantitative estimate of drug-likeness (QED) is 0.573. The molecule has 0 aliphatic heterocycles. The highest BCUT2D eigenvalue weighted by molar-refractivity contribution is 6.09. The number of benzene rings is 2. The molecule has 1 N–H and O–H groups in total. The van der Waals surface area contributed by atoms with Crippen LogP contribution in [-0.4, -0.2) is 12.1 Å². The predicted molar refractivity (Wildman–Crippen MR) is 86.1 cm³/mol. The topological polar surface area (TPSA) is 42.1 Å².